The van der Waals surface area contributed by atoms with E-state index in [2.05, 4.69) is 20.8 Å². The highest BCUT2D eigenvalue weighted by Crippen LogP contribution is 2.38. The van der Waals surface area contributed by atoms with Gasteiger partial charge in [-0.1, -0.05) is 6.07 Å². The van der Waals surface area contributed by atoms with E-state index in [9.17, 15) is 13.2 Å². The first-order valence-electron chi connectivity index (χ1n) is 9.25. The van der Waals surface area contributed by atoms with E-state index in [1.807, 2.05) is 19.0 Å². The van der Waals surface area contributed by atoms with Crippen LogP contribution >= 0.6 is 0 Å². The molecule has 0 heterocycles. The highest BCUT2D eigenvalue weighted by molar-refractivity contribution is 7.88. The Morgan fingerprint density at radius 3 is 2.27 bits per heavy atom. The molecule has 0 bridgehead atoms. The largest absolute Gasteiger partial charge is 0.333 e. The fourth-order valence-electron chi connectivity index (χ4n) is 3.87. The Morgan fingerprint density at radius 1 is 1.08 bits per heavy atom. The van der Waals surface area contributed by atoms with Gasteiger partial charge in [0, 0.05) is 12.2 Å². The minimum atomic E-state index is -3.86. The molecule has 8 heteroatoms. The minimum Gasteiger partial charge on any atom is -0.309 e. The molecule has 7 nitrogen and oxygen atoms in total. The van der Waals surface area contributed by atoms with E-state index in [0.29, 0.717) is 6.42 Å². The summed E-state index contributed by atoms with van der Waals surface area (Å²) in [6, 6.07) is 1.58. The first-order chi connectivity index (χ1) is 12.4. The molecule has 0 saturated carbocycles. The van der Waals surface area contributed by atoms with Crippen molar-refractivity contribution in [1.82, 2.24) is 14.3 Å². The highest BCUT2D eigenvalue weighted by Gasteiger charge is 2.25. The molecule has 2 aliphatic carbocycles. The number of carbonyl (C=O) groups is 1. The van der Waals surface area contributed by atoms with Crippen molar-refractivity contribution in [3.05, 3.63) is 28.3 Å². The fraction of sp³-hybridized carbons (Fsp3) is 0.611. The van der Waals surface area contributed by atoms with Crippen molar-refractivity contribution in [2.24, 2.45) is 0 Å². The number of hydrogen-bond donors (Lipinski definition) is 3. The second-order valence-corrected chi connectivity index (χ2v) is 8.84. The van der Waals surface area contributed by atoms with E-state index in [-0.39, 0.29) is 6.54 Å². The van der Waals surface area contributed by atoms with Crippen LogP contribution in [0.4, 0.5) is 10.5 Å². The molecule has 0 unspecified atom stereocenters. The van der Waals surface area contributed by atoms with Gasteiger partial charge in [0.1, 0.15) is 0 Å². The van der Waals surface area contributed by atoms with Gasteiger partial charge in [-0.25, -0.2) is 9.52 Å². The Hall–Kier alpha value is -1.64. The van der Waals surface area contributed by atoms with E-state index >= 15 is 0 Å². The van der Waals surface area contributed by atoms with Crippen molar-refractivity contribution in [3.63, 3.8) is 0 Å². The van der Waals surface area contributed by atoms with E-state index in [0.717, 1.165) is 50.8 Å². The van der Waals surface area contributed by atoms with Crippen molar-refractivity contribution in [1.29, 1.82) is 0 Å². The van der Waals surface area contributed by atoms with Gasteiger partial charge < -0.3 is 10.2 Å². The Balaban J connectivity index is 1.64. The number of carbonyl (C=O) groups excluding carboxylic acids is 1. The summed E-state index contributed by atoms with van der Waals surface area (Å²) in [5.74, 6) is 0. The summed E-state index contributed by atoms with van der Waals surface area (Å²) in [4.78, 5) is 14.3. The number of urea groups is 1. The molecule has 0 saturated heterocycles. The molecule has 2 amide bonds. The monoisotopic (exact) mass is 380 g/mol. The van der Waals surface area contributed by atoms with Gasteiger partial charge in [0.25, 0.3) is 0 Å². The lowest BCUT2D eigenvalue weighted by Crippen LogP contribution is -2.43. The first kappa shape index (κ1) is 19.1. The number of anilines is 1. The van der Waals surface area contributed by atoms with Crippen molar-refractivity contribution in [2.45, 2.75) is 44.9 Å². The second kappa shape index (κ2) is 7.94. The standard InChI is InChI=1S/C18H28N4O3S/c1-22(2)11-5-10-19-26(24,25)21-18(23)20-17-15-8-3-6-13(15)12-14-7-4-9-16(14)17/h12,19H,3-11H2,1-2H3,(H2,20,21,23). The maximum atomic E-state index is 12.3. The molecule has 144 valence electrons. The highest BCUT2D eigenvalue weighted by atomic mass is 32.2. The Bertz CT molecular complexity index is 758. The lowest BCUT2D eigenvalue weighted by atomic mass is 9.99. The van der Waals surface area contributed by atoms with Crippen LogP contribution in [0.3, 0.4) is 0 Å². The average molecular weight is 381 g/mol. The number of amides is 2. The molecule has 2 aliphatic rings. The summed E-state index contributed by atoms with van der Waals surface area (Å²) in [6.07, 6.45) is 6.78. The van der Waals surface area contributed by atoms with Crippen molar-refractivity contribution < 1.29 is 13.2 Å². The third kappa shape index (κ3) is 4.55. The molecule has 3 rings (SSSR count). The Kier molecular flexibility index (Phi) is 5.84. The summed E-state index contributed by atoms with van der Waals surface area (Å²) in [5, 5.41) is 2.83. The number of nitrogens with one attached hydrogen (secondary N) is 3. The molecule has 0 spiro atoms. The number of benzene rings is 1. The topological polar surface area (TPSA) is 90.5 Å². The van der Waals surface area contributed by atoms with Crippen molar-refractivity contribution in [2.75, 3.05) is 32.5 Å². The molecule has 0 aliphatic heterocycles. The molecule has 26 heavy (non-hydrogen) atoms. The maximum absolute atomic E-state index is 12.3. The molecule has 0 radical (unpaired) electrons. The maximum Gasteiger partial charge on any atom is 0.333 e. The number of nitrogens with zero attached hydrogens (tertiary/aromatic N) is 1. The molecular formula is C18H28N4O3S. The van der Waals surface area contributed by atoms with Gasteiger partial charge in [-0.2, -0.15) is 13.1 Å². The Labute approximate surface area is 155 Å². The van der Waals surface area contributed by atoms with Crippen LogP contribution in [0.15, 0.2) is 6.07 Å². The normalized spacial score (nSPS) is 15.8. The SMILES string of the molecule is CN(C)CCCNS(=O)(=O)NC(=O)Nc1c2c(cc3c1CCC3)CCC2. The van der Waals surface area contributed by atoms with Gasteiger partial charge >= 0.3 is 16.2 Å². The van der Waals surface area contributed by atoms with E-state index in [1.165, 1.54) is 22.3 Å². The van der Waals surface area contributed by atoms with Crippen LogP contribution < -0.4 is 14.8 Å². The van der Waals surface area contributed by atoms with Gasteiger partial charge in [-0.05, 0) is 87.8 Å². The zero-order chi connectivity index (χ0) is 18.7. The van der Waals surface area contributed by atoms with Crippen LogP contribution in [-0.2, 0) is 35.9 Å². The van der Waals surface area contributed by atoms with E-state index in [1.54, 1.807) is 0 Å². The number of fused-ring (bicyclic) bond motifs is 2. The van der Waals surface area contributed by atoms with E-state index in [4.69, 9.17) is 0 Å². The lowest BCUT2D eigenvalue weighted by Gasteiger charge is -2.17. The lowest BCUT2D eigenvalue weighted by molar-refractivity contribution is 0.256. The minimum absolute atomic E-state index is 0.289. The molecule has 0 fully saturated rings. The van der Waals surface area contributed by atoms with Crippen LogP contribution in [0.5, 0.6) is 0 Å². The summed E-state index contributed by atoms with van der Waals surface area (Å²) in [7, 11) is -0.00250. The van der Waals surface area contributed by atoms with Gasteiger partial charge in [0.05, 0.1) is 0 Å². The van der Waals surface area contributed by atoms with Gasteiger partial charge in [-0.15, -0.1) is 0 Å². The predicted octanol–water partition coefficient (Wildman–Crippen LogP) is 1.57. The molecule has 1 aromatic carbocycles. The zero-order valence-corrected chi connectivity index (χ0v) is 16.3. The zero-order valence-electron chi connectivity index (χ0n) is 15.5. The van der Waals surface area contributed by atoms with Crippen LogP contribution in [0.25, 0.3) is 0 Å². The van der Waals surface area contributed by atoms with Gasteiger partial charge in [-0.3, -0.25) is 0 Å². The van der Waals surface area contributed by atoms with Gasteiger partial charge in [0.15, 0.2) is 0 Å². The smallest absolute Gasteiger partial charge is 0.309 e. The Morgan fingerprint density at radius 2 is 1.69 bits per heavy atom. The van der Waals surface area contributed by atoms with Crippen molar-refractivity contribution in [3.8, 4) is 0 Å². The summed E-state index contributed by atoms with van der Waals surface area (Å²) in [6.45, 7) is 1.06. The van der Waals surface area contributed by atoms with Crippen molar-refractivity contribution >= 4 is 21.9 Å². The summed E-state index contributed by atoms with van der Waals surface area (Å²) in [5.41, 5.74) is 5.79. The molecule has 0 atom stereocenters. The number of aryl methyl sites for hydroxylation is 2. The van der Waals surface area contributed by atoms with Gasteiger partial charge in [0.2, 0.25) is 0 Å². The summed E-state index contributed by atoms with van der Waals surface area (Å²) >= 11 is 0. The van der Waals surface area contributed by atoms with E-state index < -0.39 is 16.2 Å². The van der Waals surface area contributed by atoms with Crippen LogP contribution in [0.2, 0.25) is 0 Å². The quantitative estimate of drug-likeness (QED) is 0.626. The molecule has 1 aromatic rings. The van der Waals surface area contributed by atoms with Crippen LogP contribution in [0, 0.1) is 0 Å². The molecule has 3 N–H and O–H groups in total. The molecule has 0 aromatic heterocycles. The van der Waals surface area contributed by atoms with Crippen LogP contribution in [0.1, 0.15) is 41.5 Å². The van der Waals surface area contributed by atoms with Crippen LogP contribution in [-0.4, -0.2) is 46.5 Å². The fourth-order valence-corrected chi connectivity index (χ4v) is 4.65. The number of rotatable bonds is 7. The summed E-state index contributed by atoms with van der Waals surface area (Å²) < 4.78 is 28.6. The predicted molar refractivity (Wildman–Crippen MR) is 103 cm³/mol. The third-order valence-corrected chi connectivity index (χ3v) is 6.05. The number of hydrogen-bond acceptors (Lipinski definition) is 4. The first-order valence-corrected chi connectivity index (χ1v) is 10.7. The average Bonchev–Trinajstić information content (AvgIpc) is 3.19. The third-order valence-electron chi connectivity index (χ3n) is 5.01. The molecular weight excluding hydrogens is 352 g/mol. The second-order valence-electron chi connectivity index (χ2n) is 7.34.